The fraction of sp³-hybridized carbons (Fsp3) is 0.796. The van der Waals surface area contributed by atoms with Gasteiger partial charge in [0.05, 0.1) is 19.8 Å². The first-order valence-electron chi connectivity index (χ1n) is 24.1. The molecule has 350 valence electrons. The molecule has 0 aliphatic rings. The second-order valence-electron chi connectivity index (χ2n) is 16.1. The van der Waals surface area contributed by atoms with Crippen LogP contribution in [0.5, 0.6) is 0 Å². The Hall–Kier alpha value is -2.07. The molecule has 11 heteroatoms. The molecule has 0 aliphatic carbocycles. The smallest absolute Gasteiger partial charge is 0.462 e. The first-order chi connectivity index (χ1) is 29.2. The van der Waals surface area contributed by atoms with Crippen molar-refractivity contribution in [2.24, 2.45) is 0 Å². The molecule has 0 amide bonds. The molecule has 0 heterocycles. The fourth-order valence-electron chi connectivity index (χ4n) is 6.52. The maximum absolute atomic E-state index is 12.6. The molecule has 0 rings (SSSR count). The number of aliphatic hydroxyl groups excluding tert-OH is 2. The Morgan fingerprint density at radius 1 is 0.500 bits per heavy atom. The van der Waals surface area contributed by atoms with Crippen molar-refractivity contribution in [1.29, 1.82) is 0 Å². The number of ether oxygens (including phenoxy) is 2. The van der Waals surface area contributed by atoms with Crippen LogP contribution in [0, 0.1) is 0 Å². The van der Waals surface area contributed by atoms with Crippen molar-refractivity contribution in [3.63, 3.8) is 0 Å². The van der Waals surface area contributed by atoms with Crippen molar-refractivity contribution in [3.8, 4) is 0 Å². The maximum Gasteiger partial charge on any atom is 0.472 e. The van der Waals surface area contributed by atoms with E-state index in [1.54, 1.807) is 0 Å². The Morgan fingerprint density at radius 3 is 1.35 bits per heavy atom. The zero-order chi connectivity index (χ0) is 44.0. The normalized spacial score (nSPS) is 14.2. The van der Waals surface area contributed by atoms with Gasteiger partial charge in [-0.25, -0.2) is 4.57 Å². The minimum absolute atomic E-state index is 0.109. The van der Waals surface area contributed by atoms with E-state index >= 15 is 0 Å². The Balaban J connectivity index is 4.27. The van der Waals surface area contributed by atoms with Gasteiger partial charge in [-0.15, -0.1) is 0 Å². The van der Waals surface area contributed by atoms with Gasteiger partial charge >= 0.3 is 19.8 Å². The molecule has 10 nitrogen and oxygen atoms in total. The number of carbonyl (C=O) groups is 2. The molecule has 60 heavy (non-hydrogen) atoms. The van der Waals surface area contributed by atoms with E-state index in [1.165, 1.54) is 122 Å². The Morgan fingerprint density at radius 2 is 0.883 bits per heavy atom. The lowest BCUT2D eigenvalue weighted by atomic mass is 10.0. The van der Waals surface area contributed by atoms with Gasteiger partial charge in [-0.3, -0.25) is 18.6 Å². The number of aliphatic hydroxyl groups is 2. The third-order valence-electron chi connectivity index (χ3n) is 10.2. The van der Waals surface area contributed by atoms with Crippen molar-refractivity contribution in [1.82, 2.24) is 0 Å². The van der Waals surface area contributed by atoms with Crippen LogP contribution in [0.15, 0.2) is 48.6 Å². The molecule has 0 aliphatic heterocycles. The minimum atomic E-state index is -4.63. The molecular formula is C49H89O10P. The minimum Gasteiger partial charge on any atom is -0.462 e. The van der Waals surface area contributed by atoms with Crippen LogP contribution in [0.4, 0.5) is 0 Å². The summed E-state index contributed by atoms with van der Waals surface area (Å²) in [4.78, 5) is 35.1. The highest BCUT2D eigenvalue weighted by Crippen LogP contribution is 2.43. The number of phosphoric acid groups is 1. The van der Waals surface area contributed by atoms with E-state index in [9.17, 15) is 24.2 Å². The zero-order valence-electron chi connectivity index (χ0n) is 38.2. The van der Waals surface area contributed by atoms with Crippen LogP contribution in [0.25, 0.3) is 0 Å². The molecule has 0 fully saturated rings. The quantitative estimate of drug-likeness (QED) is 0.0234. The molecule has 1 unspecified atom stereocenters. The van der Waals surface area contributed by atoms with E-state index in [2.05, 4.69) is 56.4 Å². The van der Waals surface area contributed by atoms with Crippen molar-refractivity contribution < 1.29 is 47.8 Å². The topological polar surface area (TPSA) is 149 Å². The number of hydrogen-bond donors (Lipinski definition) is 3. The highest BCUT2D eigenvalue weighted by atomic mass is 31.2. The molecule has 0 spiro atoms. The molecular weight excluding hydrogens is 780 g/mol. The van der Waals surface area contributed by atoms with Gasteiger partial charge in [0.1, 0.15) is 12.7 Å². The molecule has 0 radical (unpaired) electrons. The highest BCUT2D eigenvalue weighted by molar-refractivity contribution is 7.47. The lowest BCUT2D eigenvalue weighted by Crippen LogP contribution is -2.29. The van der Waals surface area contributed by atoms with Crippen molar-refractivity contribution in [2.45, 2.75) is 225 Å². The summed E-state index contributed by atoms with van der Waals surface area (Å²) in [7, 11) is -4.63. The second-order valence-corrected chi connectivity index (χ2v) is 17.6. The second kappa shape index (κ2) is 45.0. The van der Waals surface area contributed by atoms with Gasteiger partial charge < -0.3 is 24.6 Å². The number of phosphoric ester groups is 1. The highest BCUT2D eigenvalue weighted by Gasteiger charge is 2.27. The van der Waals surface area contributed by atoms with Crippen LogP contribution in [-0.4, -0.2) is 65.7 Å². The van der Waals surface area contributed by atoms with Crippen LogP contribution in [0.3, 0.4) is 0 Å². The SMILES string of the molecule is CCCCC/C=C/C/C=C/C/C=C/C/C=C/CCCC(=O)O[C@H](COC(=O)CCCCCCCCCCCCCCCCCCCCCC)COP(=O)(O)OC[C@@H](O)CO. The van der Waals surface area contributed by atoms with E-state index < -0.39 is 51.8 Å². The molecule has 0 saturated heterocycles. The summed E-state index contributed by atoms with van der Waals surface area (Å²) in [6, 6.07) is 0. The van der Waals surface area contributed by atoms with Crippen LogP contribution < -0.4 is 0 Å². The van der Waals surface area contributed by atoms with E-state index in [1.807, 2.05) is 6.08 Å². The van der Waals surface area contributed by atoms with Gasteiger partial charge in [0.2, 0.25) is 0 Å². The fourth-order valence-corrected chi connectivity index (χ4v) is 7.31. The van der Waals surface area contributed by atoms with Crippen molar-refractivity contribution >= 4 is 19.8 Å². The van der Waals surface area contributed by atoms with Crippen molar-refractivity contribution in [2.75, 3.05) is 26.4 Å². The predicted molar refractivity (Wildman–Crippen MR) is 247 cm³/mol. The standard InChI is InChI=1S/C49H89O10P/c1-3-5-7-9-11-13-15-17-19-21-22-23-25-26-28-30-32-34-36-38-40-48(52)56-44-47(45-58-60(54,55)57-43-46(51)42-50)59-49(53)41-39-37-35-33-31-29-27-24-20-18-16-14-12-10-8-6-4-2/h12,14,18,20,27,29,33,35,46-47,50-51H,3-11,13,15-17,19,21-26,28,30-32,34,36-45H2,1-2H3,(H,54,55)/b14-12+,20-18+,29-27+,35-33+/t46-,47+/m0/s1. The average molecular weight is 869 g/mol. The van der Waals surface area contributed by atoms with Gasteiger partial charge in [0, 0.05) is 12.8 Å². The van der Waals surface area contributed by atoms with E-state index in [0.717, 1.165) is 44.9 Å². The summed E-state index contributed by atoms with van der Waals surface area (Å²) in [5, 5.41) is 18.4. The summed E-state index contributed by atoms with van der Waals surface area (Å²) in [5.41, 5.74) is 0. The number of rotatable bonds is 45. The lowest BCUT2D eigenvalue weighted by molar-refractivity contribution is -0.161. The molecule has 0 bridgehead atoms. The molecule has 0 aromatic rings. The van der Waals surface area contributed by atoms with Crippen LogP contribution >= 0.6 is 7.82 Å². The molecule has 0 aromatic heterocycles. The summed E-state index contributed by atoms with van der Waals surface area (Å²) in [6.45, 7) is 2.32. The molecule has 3 N–H and O–H groups in total. The average Bonchev–Trinajstić information content (AvgIpc) is 3.24. The van der Waals surface area contributed by atoms with E-state index in [0.29, 0.717) is 19.3 Å². The third kappa shape index (κ3) is 44.0. The van der Waals surface area contributed by atoms with Crippen molar-refractivity contribution in [3.05, 3.63) is 48.6 Å². The number of unbranched alkanes of at least 4 members (excludes halogenated alkanes) is 23. The first-order valence-corrected chi connectivity index (χ1v) is 25.6. The van der Waals surface area contributed by atoms with Crippen LogP contribution in [-0.2, 0) is 32.7 Å². The Labute approximate surface area is 366 Å². The number of carbonyl (C=O) groups excluding carboxylic acids is 2. The molecule has 0 saturated carbocycles. The lowest BCUT2D eigenvalue weighted by Gasteiger charge is -2.20. The van der Waals surface area contributed by atoms with E-state index in [4.69, 9.17) is 23.6 Å². The Kier molecular flexibility index (Phi) is 43.4. The van der Waals surface area contributed by atoms with Gasteiger partial charge in [-0.05, 0) is 51.4 Å². The van der Waals surface area contributed by atoms with Crippen LogP contribution in [0.2, 0.25) is 0 Å². The van der Waals surface area contributed by atoms with Gasteiger partial charge in [0.25, 0.3) is 0 Å². The summed E-state index contributed by atoms with van der Waals surface area (Å²) in [6.07, 6.45) is 49.4. The molecule has 3 atom stereocenters. The third-order valence-corrected chi connectivity index (χ3v) is 11.2. The largest absolute Gasteiger partial charge is 0.472 e. The van der Waals surface area contributed by atoms with E-state index in [-0.39, 0.29) is 19.4 Å². The zero-order valence-corrected chi connectivity index (χ0v) is 39.1. The number of esters is 2. The van der Waals surface area contributed by atoms with Gasteiger partial charge in [-0.1, -0.05) is 197 Å². The number of hydrogen-bond acceptors (Lipinski definition) is 9. The van der Waals surface area contributed by atoms with Crippen LogP contribution in [0.1, 0.15) is 213 Å². The van der Waals surface area contributed by atoms with Gasteiger partial charge in [-0.2, -0.15) is 0 Å². The van der Waals surface area contributed by atoms with Gasteiger partial charge in [0.15, 0.2) is 6.10 Å². The first kappa shape index (κ1) is 57.9. The monoisotopic (exact) mass is 869 g/mol. The summed E-state index contributed by atoms with van der Waals surface area (Å²) < 4.78 is 32.7. The number of allylic oxidation sites excluding steroid dienone is 8. The summed E-state index contributed by atoms with van der Waals surface area (Å²) >= 11 is 0. The Bertz CT molecular complexity index is 1140. The molecule has 0 aromatic carbocycles. The maximum atomic E-state index is 12.6. The predicted octanol–water partition coefficient (Wildman–Crippen LogP) is 13.3. The summed E-state index contributed by atoms with van der Waals surface area (Å²) in [5.74, 6) is -0.984.